The van der Waals surface area contributed by atoms with Crippen LogP contribution in [0.15, 0.2) is 23.1 Å². The lowest BCUT2D eigenvalue weighted by molar-refractivity contribution is -0.387. The van der Waals surface area contributed by atoms with Gasteiger partial charge in [0, 0.05) is 23.4 Å². The van der Waals surface area contributed by atoms with Crippen molar-refractivity contribution >= 4 is 45.0 Å². The van der Waals surface area contributed by atoms with Crippen LogP contribution in [-0.2, 0) is 14.8 Å². The molecule has 1 N–H and O–H groups in total. The van der Waals surface area contributed by atoms with E-state index >= 15 is 0 Å². The fourth-order valence-electron chi connectivity index (χ4n) is 2.53. The van der Waals surface area contributed by atoms with Gasteiger partial charge in [-0.15, -0.1) is 11.8 Å². The first kappa shape index (κ1) is 18.4. The number of halogens is 1. The molecule has 0 spiro atoms. The number of nitro benzene ring substituents is 1. The smallest absolute Gasteiger partial charge is 0.290 e. The van der Waals surface area contributed by atoms with Gasteiger partial charge in [-0.1, -0.05) is 11.6 Å². The second-order valence-electron chi connectivity index (χ2n) is 5.97. The molecule has 2 aliphatic rings. The highest BCUT2D eigenvalue weighted by Crippen LogP contribution is 2.34. The van der Waals surface area contributed by atoms with Crippen molar-refractivity contribution in [2.24, 2.45) is 5.92 Å². The van der Waals surface area contributed by atoms with Gasteiger partial charge in [-0.2, -0.15) is 4.31 Å². The Morgan fingerprint density at radius 1 is 1.44 bits per heavy atom. The van der Waals surface area contributed by atoms with Gasteiger partial charge in [-0.05, 0) is 30.9 Å². The summed E-state index contributed by atoms with van der Waals surface area (Å²) in [6.45, 7) is 0.537. The average Bonchev–Trinajstić information content (AvgIpc) is 3.25. The molecule has 0 bridgehead atoms. The van der Waals surface area contributed by atoms with Crippen molar-refractivity contribution in [2.75, 3.05) is 18.2 Å². The standard InChI is InChI=1S/C14H16ClN3O5S2/c15-10-3-4-13(11(5-10)18(20)21)25(22,23)17-8-24-7-12(17)14(19)16-6-9-1-2-9/h3-5,9,12H,1-2,6-8H2,(H,16,19). The molecule has 1 saturated heterocycles. The molecule has 136 valence electrons. The molecular weight excluding hydrogens is 390 g/mol. The number of nitro groups is 1. The second-order valence-corrected chi connectivity index (χ2v) is 9.26. The quantitative estimate of drug-likeness (QED) is 0.571. The van der Waals surface area contributed by atoms with Crippen LogP contribution >= 0.6 is 23.4 Å². The van der Waals surface area contributed by atoms with Crippen molar-refractivity contribution in [1.82, 2.24) is 9.62 Å². The number of sulfonamides is 1. The molecule has 1 unspecified atom stereocenters. The zero-order chi connectivity index (χ0) is 18.2. The SMILES string of the molecule is O=C(NCC1CC1)C1CSCN1S(=O)(=O)c1ccc(Cl)cc1[N+](=O)[O-]. The third-order valence-corrected chi connectivity index (χ3v) is 7.42. The highest BCUT2D eigenvalue weighted by atomic mass is 35.5. The fraction of sp³-hybridized carbons (Fsp3) is 0.500. The summed E-state index contributed by atoms with van der Waals surface area (Å²) >= 11 is 7.04. The van der Waals surface area contributed by atoms with E-state index in [0.717, 1.165) is 29.3 Å². The van der Waals surface area contributed by atoms with Gasteiger partial charge >= 0.3 is 0 Å². The summed E-state index contributed by atoms with van der Waals surface area (Å²) in [6.07, 6.45) is 2.14. The number of benzene rings is 1. The van der Waals surface area contributed by atoms with E-state index in [0.29, 0.717) is 18.2 Å². The van der Waals surface area contributed by atoms with E-state index in [9.17, 15) is 23.3 Å². The number of rotatable bonds is 6. The molecule has 1 aliphatic carbocycles. The number of carbonyl (C=O) groups is 1. The molecule has 1 aliphatic heterocycles. The van der Waals surface area contributed by atoms with Gasteiger partial charge in [0.05, 0.1) is 10.8 Å². The summed E-state index contributed by atoms with van der Waals surface area (Å²) < 4.78 is 26.9. The van der Waals surface area contributed by atoms with Gasteiger partial charge in [-0.25, -0.2) is 8.42 Å². The van der Waals surface area contributed by atoms with Crippen LogP contribution in [0.1, 0.15) is 12.8 Å². The molecule has 25 heavy (non-hydrogen) atoms. The van der Waals surface area contributed by atoms with Crippen LogP contribution in [0.2, 0.25) is 5.02 Å². The van der Waals surface area contributed by atoms with Crippen molar-refractivity contribution in [1.29, 1.82) is 0 Å². The molecule has 11 heteroatoms. The summed E-state index contributed by atoms with van der Waals surface area (Å²) in [5, 5.41) is 14.1. The van der Waals surface area contributed by atoms with Crippen molar-refractivity contribution in [3.63, 3.8) is 0 Å². The lowest BCUT2D eigenvalue weighted by Gasteiger charge is -2.22. The zero-order valence-electron chi connectivity index (χ0n) is 13.1. The largest absolute Gasteiger partial charge is 0.354 e. The summed E-state index contributed by atoms with van der Waals surface area (Å²) in [7, 11) is -4.20. The minimum absolute atomic E-state index is 0.0696. The maximum absolute atomic E-state index is 12.9. The van der Waals surface area contributed by atoms with E-state index in [1.807, 2.05) is 0 Å². The van der Waals surface area contributed by atoms with Gasteiger partial charge in [0.2, 0.25) is 5.91 Å². The molecule has 8 nitrogen and oxygen atoms in total. The number of thioether (sulfide) groups is 1. The Balaban J connectivity index is 1.88. The Morgan fingerprint density at radius 3 is 2.80 bits per heavy atom. The first-order valence-corrected chi connectivity index (χ1v) is 10.6. The molecule has 1 atom stereocenters. The number of nitrogens with one attached hydrogen (secondary N) is 1. The van der Waals surface area contributed by atoms with Crippen molar-refractivity contribution in [3.05, 3.63) is 33.3 Å². The van der Waals surface area contributed by atoms with Crippen molar-refractivity contribution in [2.45, 2.75) is 23.8 Å². The predicted octanol–water partition coefficient (Wildman–Crippen LogP) is 1.84. The number of nitrogens with zero attached hydrogens (tertiary/aromatic N) is 2. The van der Waals surface area contributed by atoms with Crippen molar-refractivity contribution < 1.29 is 18.1 Å². The Kier molecular flexibility index (Phi) is 5.24. The van der Waals surface area contributed by atoms with E-state index in [1.54, 1.807) is 0 Å². The van der Waals surface area contributed by atoms with Crippen LogP contribution in [0.25, 0.3) is 0 Å². The molecule has 1 aromatic rings. The Hall–Kier alpha value is -1.36. The normalized spacial score (nSPS) is 21.2. The van der Waals surface area contributed by atoms with Gasteiger partial charge in [0.1, 0.15) is 6.04 Å². The molecule has 2 fully saturated rings. The van der Waals surface area contributed by atoms with E-state index in [-0.39, 0.29) is 16.8 Å². The number of carbonyl (C=O) groups excluding carboxylic acids is 1. The van der Waals surface area contributed by atoms with Crippen LogP contribution in [0, 0.1) is 16.0 Å². The number of hydrogen-bond acceptors (Lipinski definition) is 6. The van der Waals surface area contributed by atoms with Crippen LogP contribution in [0.3, 0.4) is 0 Å². The highest BCUT2D eigenvalue weighted by Gasteiger charge is 2.42. The van der Waals surface area contributed by atoms with Gasteiger partial charge < -0.3 is 5.32 Å². The summed E-state index contributed by atoms with van der Waals surface area (Å²) in [5.41, 5.74) is -0.596. The van der Waals surface area contributed by atoms with E-state index in [1.165, 1.54) is 17.8 Å². The van der Waals surface area contributed by atoms with E-state index in [2.05, 4.69) is 5.32 Å². The molecular formula is C14H16ClN3O5S2. The second kappa shape index (κ2) is 7.10. The lowest BCUT2D eigenvalue weighted by Crippen LogP contribution is -2.47. The Bertz CT molecular complexity index is 813. The monoisotopic (exact) mass is 405 g/mol. The molecule has 1 saturated carbocycles. The fourth-order valence-corrected chi connectivity index (χ4v) is 5.99. The average molecular weight is 406 g/mol. The minimum atomic E-state index is -4.20. The minimum Gasteiger partial charge on any atom is -0.354 e. The maximum Gasteiger partial charge on any atom is 0.290 e. The van der Waals surface area contributed by atoms with Crippen LogP contribution in [0.5, 0.6) is 0 Å². The van der Waals surface area contributed by atoms with E-state index in [4.69, 9.17) is 11.6 Å². The van der Waals surface area contributed by atoms with Crippen LogP contribution in [0.4, 0.5) is 5.69 Å². The molecule has 1 amide bonds. The summed E-state index contributed by atoms with van der Waals surface area (Å²) in [5.74, 6) is 0.498. The molecule has 0 radical (unpaired) electrons. The van der Waals surface area contributed by atoms with Crippen molar-refractivity contribution in [3.8, 4) is 0 Å². The maximum atomic E-state index is 12.9. The topological polar surface area (TPSA) is 110 Å². The van der Waals surface area contributed by atoms with Gasteiger partial charge in [0.15, 0.2) is 4.90 Å². The highest BCUT2D eigenvalue weighted by molar-refractivity contribution is 8.00. The van der Waals surface area contributed by atoms with Crippen LogP contribution in [-0.4, -0.2) is 47.8 Å². The third-order valence-electron chi connectivity index (χ3n) is 4.11. The summed E-state index contributed by atoms with van der Waals surface area (Å²) in [6, 6.07) is 2.52. The van der Waals surface area contributed by atoms with E-state index < -0.39 is 31.6 Å². The first-order chi connectivity index (χ1) is 11.8. The van der Waals surface area contributed by atoms with Crippen LogP contribution < -0.4 is 5.32 Å². The molecule has 1 aromatic carbocycles. The van der Waals surface area contributed by atoms with Gasteiger partial charge in [-0.3, -0.25) is 14.9 Å². The lowest BCUT2D eigenvalue weighted by atomic mass is 10.3. The molecule has 3 rings (SSSR count). The Morgan fingerprint density at radius 2 is 2.16 bits per heavy atom. The predicted molar refractivity (Wildman–Crippen MR) is 94.0 cm³/mol. The molecule has 0 aromatic heterocycles. The van der Waals surface area contributed by atoms with Gasteiger partial charge in [0.25, 0.3) is 15.7 Å². The zero-order valence-corrected chi connectivity index (χ0v) is 15.4. The molecule has 1 heterocycles. The number of amides is 1. The Labute approximate surface area is 154 Å². The number of hydrogen-bond donors (Lipinski definition) is 1. The first-order valence-electron chi connectivity index (χ1n) is 7.62. The third kappa shape index (κ3) is 3.91. The summed E-state index contributed by atoms with van der Waals surface area (Å²) in [4.78, 5) is 22.3.